The lowest BCUT2D eigenvalue weighted by Crippen LogP contribution is -1.78. The Morgan fingerprint density at radius 3 is 1.75 bits per heavy atom. The average molecular weight is 212 g/mol. The zero-order valence-corrected chi connectivity index (χ0v) is 8.67. The zero-order valence-electron chi connectivity index (χ0n) is 8.67. The standard InChI is InChI=1S/C14H12O2/c15-10-9-11-1-3-12(4-2-11)13-5-7-14(16)8-6-13/h1-10,15-16H/b10-9+. The van der Waals surface area contributed by atoms with Gasteiger partial charge in [-0.25, -0.2) is 0 Å². The Labute approximate surface area is 94.1 Å². The molecule has 0 saturated carbocycles. The molecule has 0 atom stereocenters. The molecule has 2 rings (SSSR count). The van der Waals surface area contributed by atoms with Gasteiger partial charge < -0.3 is 10.2 Å². The second-order valence-electron chi connectivity index (χ2n) is 3.48. The van der Waals surface area contributed by atoms with Crippen LogP contribution in [0.25, 0.3) is 17.2 Å². The van der Waals surface area contributed by atoms with Crippen LogP contribution in [0, 0.1) is 0 Å². The van der Waals surface area contributed by atoms with Crippen LogP contribution in [-0.2, 0) is 0 Å². The highest BCUT2D eigenvalue weighted by Gasteiger charge is 1.97. The van der Waals surface area contributed by atoms with Crippen molar-refractivity contribution in [1.29, 1.82) is 0 Å². The van der Waals surface area contributed by atoms with E-state index in [1.165, 1.54) is 0 Å². The molecule has 0 heterocycles. The van der Waals surface area contributed by atoms with Crippen LogP contribution < -0.4 is 0 Å². The van der Waals surface area contributed by atoms with Gasteiger partial charge >= 0.3 is 0 Å². The lowest BCUT2D eigenvalue weighted by atomic mass is 10.0. The molecule has 2 aromatic rings. The molecule has 0 unspecified atom stereocenters. The molecule has 0 fully saturated rings. The van der Waals surface area contributed by atoms with Gasteiger partial charge in [0.2, 0.25) is 0 Å². The molecule has 0 saturated heterocycles. The molecule has 2 N–H and O–H groups in total. The van der Waals surface area contributed by atoms with E-state index in [-0.39, 0.29) is 5.75 Å². The Kier molecular flexibility index (Phi) is 2.92. The predicted molar refractivity (Wildman–Crippen MR) is 65.2 cm³/mol. The van der Waals surface area contributed by atoms with Crippen molar-refractivity contribution in [2.75, 3.05) is 0 Å². The van der Waals surface area contributed by atoms with Crippen LogP contribution in [0.15, 0.2) is 54.8 Å². The predicted octanol–water partition coefficient (Wildman–Crippen LogP) is 3.59. The van der Waals surface area contributed by atoms with Gasteiger partial charge in [0.15, 0.2) is 0 Å². The largest absolute Gasteiger partial charge is 0.516 e. The molecule has 0 radical (unpaired) electrons. The highest BCUT2D eigenvalue weighted by molar-refractivity contribution is 5.66. The fraction of sp³-hybridized carbons (Fsp3) is 0. The molecule has 0 bridgehead atoms. The van der Waals surface area contributed by atoms with E-state index in [0.717, 1.165) is 23.0 Å². The molecule has 0 aromatic heterocycles. The summed E-state index contributed by atoms with van der Waals surface area (Å²) in [6.45, 7) is 0. The first kappa shape index (κ1) is 10.3. The molecule has 2 nitrogen and oxygen atoms in total. The number of hydrogen-bond donors (Lipinski definition) is 2. The summed E-state index contributed by atoms with van der Waals surface area (Å²) in [5.41, 5.74) is 3.08. The molecule has 0 aliphatic heterocycles. The Bertz CT molecular complexity index is 481. The second-order valence-corrected chi connectivity index (χ2v) is 3.48. The van der Waals surface area contributed by atoms with Crippen molar-refractivity contribution in [3.63, 3.8) is 0 Å². The van der Waals surface area contributed by atoms with Gasteiger partial charge in [0.1, 0.15) is 5.75 Å². The van der Waals surface area contributed by atoms with Crippen LogP contribution in [0.2, 0.25) is 0 Å². The maximum atomic E-state index is 9.18. The van der Waals surface area contributed by atoms with Crippen molar-refractivity contribution in [1.82, 2.24) is 0 Å². The summed E-state index contributed by atoms with van der Waals surface area (Å²) in [6.07, 6.45) is 2.65. The Morgan fingerprint density at radius 1 is 0.750 bits per heavy atom. The Balaban J connectivity index is 2.31. The summed E-state index contributed by atoms with van der Waals surface area (Å²) in [6, 6.07) is 14.9. The molecule has 2 heteroatoms. The summed E-state index contributed by atoms with van der Waals surface area (Å²) >= 11 is 0. The number of rotatable bonds is 2. The van der Waals surface area contributed by atoms with Crippen molar-refractivity contribution < 1.29 is 10.2 Å². The maximum absolute atomic E-state index is 9.18. The Hall–Kier alpha value is -2.22. The number of hydrogen-bond acceptors (Lipinski definition) is 2. The van der Waals surface area contributed by atoms with Crippen molar-refractivity contribution in [3.8, 4) is 16.9 Å². The van der Waals surface area contributed by atoms with E-state index in [9.17, 15) is 5.11 Å². The van der Waals surface area contributed by atoms with Crippen molar-refractivity contribution in [2.24, 2.45) is 0 Å². The first-order chi connectivity index (χ1) is 7.79. The topological polar surface area (TPSA) is 40.5 Å². The third-order valence-electron chi connectivity index (χ3n) is 2.38. The van der Waals surface area contributed by atoms with E-state index in [0.29, 0.717) is 0 Å². The van der Waals surface area contributed by atoms with E-state index in [1.54, 1.807) is 18.2 Å². The minimum Gasteiger partial charge on any atom is -0.516 e. The summed E-state index contributed by atoms with van der Waals surface area (Å²) < 4.78 is 0. The summed E-state index contributed by atoms with van der Waals surface area (Å²) in [7, 11) is 0. The zero-order chi connectivity index (χ0) is 11.4. The highest BCUT2D eigenvalue weighted by Crippen LogP contribution is 2.22. The number of phenolic OH excluding ortho intramolecular Hbond substituents is 1. The maximum Gasteiger partial charge on any atom is 0.115 e. The molecule has 2 aromatic carbocycles. The number of aliphatic hydroxyl groups is 1. The lowest BCUT2D eigenvalue weighted by molar-refractivity contribution is 0.475. The van der Waals surface area contributed by atoms with E-state index in [4.69, 9.17) is 5.11 Å². The highest BCUT2D eigenvalue weighted by atomic mass is 16.3. The number of phenols is 1. The van der Waals surface area contributed by atoms with Crippen molar-refractivity contribution in [3.05, 3.63) is 60.4 Å². The first-order valence-electron chi connectivity index (χ1n) is 5.00. The molecule has 0 spiro atoms. The van der Waals surface area contributed by atoms with Crippen LogP contribution in [0.1, 0.15) is 5.56 Å². The fourth-order valence-electron chi connectivity index (χ4n) is 1.53. The number of aliphatic hydroxyl groups excluding tert-OH is 1. The van der Waals surface area contributed by atoms with Crippen LogP contribution >= 0.6 is 0 Å². The van der Waals surface area contributed by atoms with Gasteiger partial charge in [0.05, 0.1) is 6.26 Å². The van der Waals surface area contributed by atoms with Crippen LogP contribution in [0.4, 0.5) is 0 Å². The van der Waals surface area contributed by atoms with Crippen molar-refractivity contribution >= 4 is 6.08 Å². The SMILES string of the molecule is O/C=C/c1ccc(-c2ccc(O)cc2)cc1. The van der Waals surface area contributed by atoms with Gasteiger partial charge in [-0.2, -0.15) is 0 Å². The molecular formula is C14H12O2. The number of aromatic hydroxyl groups is 1. The fourth-order valence-corrected chi connectivity index (χ4v) is 1.53. The monoisotopic (exact) mass is 212 g/mol. The molecule has 0 amide bonds. The molecule has 0 aliphatic rings. The lowest BCUT2D eigenvalue weighted by Gasteiger charge is -2.02. The minimum atomic E-state index is 0.267. The minimum absolute atomic E-state index is 0.267. The van der Waals surface area contributed by atoms with E-state index >= 15 is 0 Å². The normalized spacial score (nSPS) is 10.8. The first-order valence-corrected chi connectivity index (χ1v) is 5.00. The molecule has 0 aliphatic carbocycles. The van der Waals surface area contributed by atoms with Gasteiger partial charge in [0.25, 0.3) is 0 Å². The molecule has 80 valence electrons. The molecule has 16 heavy (non-hydrogen) atoms. The summed E-state index contributed by atoms with van der Waals surface area (Å²) in [4.78, 5) is 0. The van der Waals surface area contributed by atoms with Gasteiger partial charge in [-0.15, -0.1) is 0 Å². The van der Waals surface area contributed by atoms with Gasteiger partial charge in [-0.1, -0.05) is 36.4 Å². The quantitative estimate of drug-likeness (QED) is 0.747. The van der Waals surface area contributed by atoms with E-state index in [2.05, 4.69) is 0 Å². The van der Waals surface area contributed by atoms with Crippen molar-refractivity contribution in [2.45, 2.75) is 0 Å². The smallest absolute Gasteiger partial charge is 0.115 e. The van der Waals surface area contributed by atoms with Gasteiger partial charge in [0, 0.05) is 0 Å². The second kappa shape index (κ2) is 4.53. The molecular weight excluding hydrogens is 200 g/mol. The summed E-state index contributed by atoms with van der Waals surface area (Å²) in [5.74, 6) is 0.267. The van der Waals surface area contributed by atoms with E-state index in [1.807, 2.05) is 36.4 Å². The third kappa shape index (κ3) is 2.23. The van der Waals surface area contributed by atoms with Gasteiger partial charge in [-0.3, -0.25) is 0 Å². The summed E-state index contributed by atoms with van der Waals surface area (Å²) in [5, 5.41) is 17.8. The Morgan fingerprint density at radius 2 is 1.25 bits per heavy atom. The van der Waals surface area contributed by atoms with Crippen LogP contribution in [-0.4, -0.2) is 10.2 Å². The van der Waals surface area contributed by atoms with Gasteiger partial charge in [-0.05, 0) is 34.9 Å². The third-order valence-corrected chi connectivity index (χ3v) is 2.38. The van der Waals surface area contributed by atoms with E-state index < -0.39 is 0 Å². The number of benzene rings is 2. The average Bonchev–Trinajstić information content (AvgIpc) is 2.32. The van der Waals surface area contributed by atoms with Crippen LogP contribution in [0.3, 0.4) is 0 Å². The van der Waals surface area contributed by atoms with Crippen LogP contribution in [0.5, 0.6) is 5.75 Å².